The monoisotopic (exact) mass is 392 g/mol. The molecule has 0 aliphatic rings. The molecule has 0 aliphatic carbocycles. The molecule has 0 saturated carbocycles. The van der Waals surface area contributed by atoms with Crippen molar-refractivity contribution < 1.29 is 9.53 Å². The lowest BCUT2D eigenvalue weighted by atomic mass is 10.1. The molecule has 0 saturated heterocycles. The van der Waals surface area contributed by atoms with Crippen LogP contribution in [0.5, 0.6) is 5.75 Å². The van der Waals surface area contributed by atoms with Crippen LogP contribution < -0.4 is 15.4 Å². The van der Waals surface area contributed by atoms with E-state index in [2.05, 4.69) is 35.9 Å². The smallest absolute Gasteiger partial charge is 0.254 e. The number of pyridine rings is 1. The predicted octanol–water partition coefficient (Wildman–Crippen LogP) is 2.17. The van der Waals surface area contributed by atoms with Crippen LogP contribution in [-0.2, 0) is 7.05 Å². The Morgan fingerprint density at radius 1 is 1.28 bits per heavy atom. The van der Waals surface area contributed by atoms with Crippen molar-refractivity contribution in [3.63, 3.8) is 0 Å². The van der Waals surface area contributed by atoms with Crippen LogP contribution in [0, 0.1) is 6.92 Å². The molecule has 0 aliphatic heterocycles. The summed E-state index contributed by atoms with van der Waals surface area (Å²) in [7, 11) is 4.96. The molecule has 10 heteroatoms. The number of anilines is 2. The van der Waals surface area contributed by atoms with E-state index in [0.717, 1.165) is 16.6 Å². The lowest BCUT2D eigenvalue weighted by Gasteiger charge is -2.16. The number of carbonyl (C=O) groups excluding carboxylic acids is 1. The summed E-state index contributed by atoms with van der Waals surface area (Å²) in [5, 5.41) is 18.2. The Hall–Kier alpha value is -3.95. The molecule has 0 fully saturated rings. The van der Waals surface area contributed by atoms with Crippen LogP contribution in [0.2, 0.25) is 0 Å². The molecule has 0 radical (unpaired) electrons. The quantitative estimate of drug-likeness (QED) is 0.476. The van der Waals surface area contributed by atoms with E-state index < -0.39 is 0 Å². The van der Waals surface area contributed by atoms with Crippen LogP contribution in [-0.4, -0.2) is 50.0 Å². The lowest BCUT2D eigenvalue weighted by molar-refractivity contribution is 0.0963. The normalized spacial score (nSPS) is 10.9. The third kappa shape index (κ3) is 3.14. The number of hydrogen-bond donors (Lipinski definition) is 3. The fraction of sp³-hybridized carbons (Fsp3) is 0.211. The summed E-state index contributed by atoms with van der Waals surface area (Å²) in [6, 6.07) is 5.61. The van der Waals surface area contributed by atoms with Gasteiger partial charge in [0.2, 0.25) is 0 Å². The van der Waals surface area contributed by atoms with Crippen LogP contribution >= 0.6 is 0 Å². The average molecular weight is 392 g/mol. The number of nitrogens with one attached hydrogen (secondary N) is 3. The van der Waals surface area contributed by atoms with Crippen LogP contribution in [0.15, 0.2) is 30.7 Å². The molecule has 0 bridgehead atoms. The summed E-state index contributed by atoms with van der Waals surface area (Å²) in [5.41, 5.74) is 3.68. The first-order valence-electron chi connectivity index (χ1n) is 8.89. The highest BCUT2D eigenvalue weighted by Crippen LogP contribution is 2.38. The number of methoxy groups -OCH3 is 1. The highest BCUT2D eigenvalue weighted by atomic mass is 16.5. The van der Waals surface area contributed by atoms with Gasteiger partial charge in [0.25, 0.3) is 5.91 Å². The minimum absolute atomic E-state index is 0.260. The Bertz CT molecular complexity index is 1210. The predicted molar refractivity (Wildman–Crippen MR) is 108 cm³/mol. The molecule has 1 aromatic carbocycles. The number of ether oxygens (including phenoxy) is 1. The summed E-state index contributed by atoms with van der Waals surface area (Å²) in [4.78, 5) is 21.1. The Morgan fingerprint density at radius 3 is 2.79 bits per heavy atom. The summed E-state index contributed by atoms with van der Waals surface area (Å²) in [6.07, 6.45) is 3.14. The maximum atomic E-state index is 12.5. The van der Waals surface area contributed by atoms with E-state index in [1.54, 1.807) is 32.2 Å². The first kappa shape index (κ1) is 18.4. The highest BCUT2D eigenvalue weighted by molar-refractivity contribution is 6.08. The second-order valence-corrected chi connectivity index (χ2v) is 6.41. The number of fused-ring (bicyclic) bond motifs is 1. The summed E-state index contributed by atoms with van der Waals surface area (Å²) in [5.74, 6) is 0.843. The number of H-pyrrole nitrogens is 1. The number of aryl methyl sites for hydroxylation is 2. The molecule has 148 valence electrons. The number of para-hydroxylation sites is 1. The van der Waals surface area contributed by atoms with Gasteiger partial charge in [0, 0.05) is 20.3 Å². The van der Waals surface area contributed by atoms with Crippen LogP contribution in [0.25, 0.3) is 22.4 Å². The zero-order chi connectivity index (χ0) is 20.5. The number of amides is 1. The van der Waals surface area contributed by atoms with Crippen molar-refractivity contribution in [2.24, 2.45) is 7.05 Å². The van der Waals surface area contributed by atoms with Gasteiger partial charge in [0.05, 0.1) is 40.7 Å². The maximum Gasteiger partial charge on any atom is 0.254 e. The first-order valence-corrected chi connectivity index (χ1v) is 8.89. The summed E-state index contributed by atoms with van der Waals surface area (Å²) >= 11 is 0. The number of carbonyl (C=O) groups is 1. The molecule has 3 N–H and O–H groups in total. The zero-order valence-corrected chi connectivity index (χ0v) is 16.4. The molecule has 3 heterocycles. The maximum absolute atomic E-state index is 12.5. The molecule has 10 nitrogen and oxygen atoms in total. The largest absolute Gasteiger partial charge is 0.494 e. The van der Waals surface area contributed by atoms with Gasteiger partial charge in [0.1, 0.15) is 6.33 Å². The van der Waals surface area contributed by atoms with E-state index in [0.29, 0.717) is 34.2 Å². The first-order chi connectivity index (χ1) is 14.0. The molecule has 1 amide bonds. The van der Waals surface area contributed by atoms with Crippen LogP contribution in [0.3, 0.4) is 0 Å². The lowest BCUT2D eigenvalue weighted by Crippen LogP contribution is -2.19. The Morgan fingerprint density at radius 2 is 2.10 bits per heavy atom. The third-order valence-electron chi connectivity index (χ3n) is 4.56. The Kier molecular flexibility index (Phi) is 4.59. The molecule has 4 aromatic rings. The van der Waals surface area contributed by atoms with Crippen molar-refractivity contribution >= 4 is 28.3 Å². The number of aromatic amines is 1. The van der Waals surface area contributed by atoms with E-state index >= 15 is 0 Å². The summed E-state index contributed by atoms with van der Waals surface area (Å²) in [6.45, 7) is 1.85. The standard InChI is InChI=1S/C19H20N8O2/c1-10-14-15(12(19(28)20-2)8-21-18(14)25-24-10)23-13-7-5-6-11(16(13)29-4)17-22-9-27(3)26-17/h5-9H,1-4H3,(H,20,28)(H2,21,23,24,25). The molecule has 29 heavy (non-hydrogen) atoms. The van der Waals surface area contributed by atoms with E-state index in [4.69, 9.17) is 4.74 Å². The van der Waals surface area contributed by atoms with Gasteiger partial charge in [-0.1, -0.05) is 6.07 Å². The topological polar surface area (TPSA) is 123 Å². The number of benzene rings is 1. The molecule has 4 rings (SSSR count). The van der Waals surface area contributed by atoms with Gasteiger partial charge < -0.3 is 15.4 Å². The fourth-order valence-electron chi connectivity index (χ4n) is 3.21. The molecule has 0 spiro atoms. The second kappa shape index (κ2) is 7.23. The molecule has 3 aromatic heterocycles. The van der Waals surface area contributed by atoms with Gasteiger partial charge in [-0.3, -0.25) is 14.6 Å². The minimum Gasteiger partial charge on any atom is -0.494 e. The van der Waals surface area contributed by atoms with Gasteiger partial charge in [-0.05, 0) is 19.1 Å². The summed E-state index contributed by atoms with van der Waals surface area (Å²) < 4.78 is 7.30. The van der Waals surface area contributed by atoms with Crippen LogP contribution in [0.1, 0.15) is 16.1 Å². The van der Waals surface area contributed by atoms with Crippen molar-refractivity contribution in [1.29, 1.82) is 0 Å². The number of hydrogen-bond acceptors (Lipinski definition) is 7. The van der Waals surface area contributed by atoms with E-state index in [9.17, 15) is 4.79 Å². The SMILES string of the molecule is CNC(=O)c1cnc2[nH]nc(C)c2c1Nc1cccc(-c2ncn(C)n2)c1OC. The van der Waals surface area contributed by atoms with Crippen molar-refractivity contribution in [3.8, 4) is 17.1 Å². The molecular weight excluding hydrogens is 372 g/mol. The fourth-order valence-corrected chi connectivity index (χ4v) is 3.21. The highest BCUT2D eigenvalue weighted by Gasteiger charge is 2.21. The Labute approximate surface area is 166 Å². The minimum atomic E-state index is -0.260. The van der Waals surface area contributed by atoms with Gasteiger partial charge in [0.15, 0.2) is 17.2 Å². The Balaban J connectivity index is 1.89. The van der Waals surface area contributed by atoms with Crippen molar-refractivity contribution in [3.05, 3.63) is 42.0 Å². The number of aromatic nitrogens is 6. The van der Waals surface area contributed by atoms with Gasteiger partial charge in [-0.2, -0.15) is 10.2 Å². The second-order valence-electron chi connectivity index (χ2n) is 6.41. The van der Waals surface area contributed by atoms with E-state index in [-0.39, 0.29) is 5.91 Å². The van der Waals surface area contributed by atoms with Crippen LogP contribution in [0.4, 0.5) is 11.4 Å². The van der Waals surface area contributed by atoms with E-state index in [1.165, 1.54) is 6.20 Å². The number of rotatable bonds is 5. The zero-order valence-electron chi connectivity index (χ0n) is 16.4. The molecule has 0 atom stereocenters. The van der Waals surface area contributed by atoms with Gasteiger partial charge in [-0.15, -0.1) is 0 Å². The van der Waals surface area contributed by atoms with Crippen molar-refractivity contribution in [2.75, 3.05) is 19.5 Å². The molecular formula is C19H20N8O2. The van der Waals surface area contributed by atoms with Crippen molar-refractivity contribution in [2.45, 2.75) is 6.92 Å². The van der Waals surface area contributed by atoms with E-state index in [1.807, 2.05) is 25.1 Å². The number of nitrogens with zero attached hydrogens (tertiary/aromatic N) is 5. The van der Waals surface area contributed by atoms with Gasteiger partial charge >= 0.3 is 0 Å². The molecule has 0 unspecified atom stereocenters. The average Bonchev–Trinajstić information content (AvgIpc) is 3.33. The third-order valence-corrected chi connectivity index (χ3v) is 4.56. The van der Waals surface area contributed by atoms with Crippen molar-refractivity contribution in [1.82, 2.24) is 35.3 Å². The van der Waals surface area contributed by atoms with Gasteiger partial charge in [-0.25, -0.2) is 9.97 Å².